The van der Waals surface area contributed by atoms with Crippen molar-refractivity contribution in [2.24, 2.45) is 28.6 Å². The molecule has 0 heterocycles. The molecule has 7 atom stereocenters. The minimum Gasteiger partial charge on any atom is -0.391 e. The minimum absolute atomic E-state index is 0.0861. The molecule has 4 aliphatic carbocycles. The monoisotopic (exact) mass is 394 g/mol. The standard InChI is InChI=1S/C22H35FO3Si/c1-20-9-6-14(24)12-18(20)19(23)13-15-16(20)7-10-21(2)17(15)8-11-22(21,25)26-27(3,4)5/h12,15-17,19,25H,6-11,13H2,1-5H3/t15-,16+,17+,19?,20-,21+,22-/m1/s1. The molecule has 0 saturated heterocycles. The summed E-state index contributed by atoms with van der Waals surface area (Å²) in [6.07, 6.45) is 5.92. The minimum atomic E-state index is -1.90. The highest BCUT2D eigenvalue weighted by molar-refractivity contribution is 6.69. The maximum atomic E-state index is 15.2. The van der Waals surface area contributed by atoms with Gasteiger partial charge in [0.2, 0.25) is 0 Å². The van der Waals surface area contributed by atoms with Crippen LogP contribution in [0, 0.1) is 28.6 Å². The Balaban J connectivity index is 1.68. The molecule has 3 saturated carbocycles. The smallest absolute Gasteiger partial charge is 0.187 e. The summed E-state index contributed by atoms with van der Waals surface area (Å²) in [5.74, 6) is -0.00210. The van der Waals surface area contributed by atoms with Crippen molar-refractivity contribution in [3.8, 4) is 0 Å². The van der Waals surface area contributed by atoms with Gasteiger partial charge in [0.25, 0.3) is 0 Å². The molecule has 3 nitrogen and oxygen atoms in total. The van der Waals surface area contributed by atoms with E-state index in [1.807, 2.05) is 0 Å². The van der Waals surface area contributed by atoms with E-state index in [9.17, 15) is 9.90 Å². The van der Waals surface area contributed by atoms with Crippen LogP contribution in [0.25, 0.3) is 0 Å². The van der Waals surface area contributed by atoms with Crippen molar-refractivity contribution < 1.29 is 18.7 Å². The molecule has 27 heavy (non-hydrogen) atoms. The van der Waals surface area contributed by atoms with E-state index in [1.54, 1.807) is 6.08 Å². The summed E-state index contributed by atoms with van der Waals surface area (Å²) < 4.78 is 21.6. The first-order valence-electron chi connectivity index (χ1n) is 10.7. The lowest BCUT2D eigenvalue weighted by Gasteiger charge is -2.59. The van der Waals surface area contributed by atoms with Crippen molar-refractivity contribution in [3.63, 3.8) is 0 Å². The fourth-order valence-electron chi connectivity index (χ4n) is 7.21. The lowest BCUT2D eigenvalue weighted by Crippen LogP contribution is -2.58. The maximum Gasteiger partial charge on any atom is 0.187 e. The Hall–Kier alpha value is -0.523. The van der Waals surface area contributed by atoms with Crippen LogP contribution >= 0.6 is 0 Å². The van der Waals surface area contributed by atoms with Crippen LogP contribution < -0.4 is 0 Å². The van der Waals surface area contributed by atoms with E-state index in [0.29, 0.717) is 31.1 Å². The predicted octanol–water partition coefficient (Wildman–Crippen LogP) is 5.01. The van der Waals surface area contributed by atoms with Gasteiger partial charge in [0, 0.05) is 18.3 Å². The number of hydrogen-bond acceptors (Lipinski definition) is 3. The van der Waals surface area contributed by atoms with E-state index in [2.05, 4.69) is 33.5 Å². The van der Waals surface area contributed by atoms with E-state index in [1.165, 1.54) is 0 Å². The molecule has 152 valence electrons. The largest absolute Gasteiger partial charge is 0.391 e. The Labute approximate surface area is 163 Å². The molecule has 0 aromatic carbocycles. The van der Waals surface area contributed by atoms with Crippen molar-refractivity contribution in [2.75, 3.05) is 0 Å². The van der Waals surface area contributed by atoms with E-state index in [4.69, 9.17) is 4.43 Å². The van der Waals surface area contributed by atoms with Gasteiger partial charge in [-0.2, -0.15) is 0 Å². The lowest BCUT2D eigenvalue weighted by atomic mass is 9.47. The first-order chi connectivity index (χ1) is 12.4. The van der Waals surface area contributed by atoms with Crippen LogP contribution in [0.1, 0.15) is 58.8 Å². The number of hydrogen-bond donors (Lipinski definition) is 1. The van der Waals surface area contributed by atoms with Gasteiger partial charge >= 0.3 is 0 Å². The van der Waals surface area contributed by atoms with Gasteiger partial charge in [0.15, 0.2) is 19.9 Å². The van der Waals surface area contributed by atoms with Crippen molar-refractivity contribution in [1.29, 1.82) is 0 Å². The summed E-state index contributed by atoms with van der Waals surface area (Å²) in [6, 6.07) is 0. The van der Waals surface area contributed by atoms with E-state index < -0.39 is 20.3 Å². The van der Waals surface area contributed by atoms with Crippen LogP contribution in [0.5, 0.6) is 0 Å². The first-order valence-corrected chi connectivity index (χ1v) is 14.1. The second kappa shape index (κ2) is 5.99. The Kier molecular flexibility index (Phi) is 4.39. The number of halogens is 1. The molecular weight excluding hydrogens is 359 g/mol. The van der Waals surface area contributed by atoms with Gasteiger partial charge in [0.1, 0.15) is 6.17 Å². The second-order valence-electron chi connectivity index (χ2n) is 11.1. The Morgan fingerprint density at radius 1 is 1.15 bits per heavy atom. The molecule has 1 unspecified atom stereocenters. The highest BCUT2D eigenvalue weighted by atomic mass is 28.4. The Morgan fingerprint density at radius 2 is 1.81 bits per heavy atom. The van der Waals surface area contributed by atoms with Crippen molar-refractivity contribution >= 4 is 14.1 Å². The molecule has 0 aliphatic heterocycles. The number of alkyl halides is 1. The number of fused-ring (bicyclic) bond motifs is 5. The van der Waals surface area contributed by atoms with Crippen LogP contribution in [0.4, 0.5) is 4.39 Å². The highest BCUT2D eigenvalue weighted by Gasteiger charge is 2.66. The molecular formula is C22H35FO3Si. The zero-order valence-electron chi connectivity index (χ0n) is 17.5. The SMILES string of the molecule is C[C@]12CCC(=O)C=C1C(F)C[C@@H]1[C@@H]2CC[C@@]2(C)[C@H]1CC[C@@]2(O)O[Si](C)(C)C. The van der Waals surface area contributed by atoms with Gasteiger partial charge in [-0.3, -0.25) is 4.79 Å². The van der Waals surface area contributed by atoms with Gasteiger partial charge in [-0.05, 0) is 86.6 Å². The zero-order chi connectivity index (χ0) is 19.8. The molecule has 4 rings (SSSR count). The molecule has 4 aliphatic rings. The number of rotatable bonds is 2. The summed E-state index contributed by atoms with van der Waals surface area (Å²) in [4.78, 5) is 11.9. The molecule has 0 amide bonds. The van der Waals surface area contributed by atoms with E-state index in [0.717, 1.165) is 31.3 Å². The average Bonchev–Trinajstić information content (AvgIpc) is 2.79. The van der Waals surface area contributed by atoms with Crippen LogP contribution in [-0.4, -0.2) is 31.2 Å². The Bertz CT molecular complexity index is 686. The first kappa shape index (κ1) is 19.8. The molecule has 0 spiro atoms. The number of aliphatic hydroxyl groups is 1. The van der Waals surface area contributed by atoms with Crippen LogP contribution in [-0.2, 0) is 9.22 Å². The molecule has 5 heteroatoms. The molecule has 0 aromatic rings. The summed E-state index contributed by atoms with van der Waals surface area (Å²) in [5, 5.41) is 11.5. The third-order valence-electron chi connectivity index (χ3n) is 8.49. The lowest BCUT2D eigenvalue weighted by molar-refractivity contribution is -0.236. The average molecular weight is 395 g/mol. The topological polar surface area (TPSA) is 46.5 Å². The number of ketones is 1. The summed E-state index contributed by atoms with van der Waals surface area (Å²) in [6.45, 7) is 10.8. The summed E-state index contributed by atoms with van der Waals surface area (Å²) >= 11 is 0. The van der Waals surface area contributed by atoms with Crippen LogP contribution in [0.3, 0.4) is 0 Å². The fourth-order valence-corrected chi connectivity index (χ4v) is 8.56. The van der Waals surface area contributed by atoms with Gasteiger partial charge < -0.3 is 9.53 Å². The number of allylic oxidation sites excluding steroid dienone is 1. The second-order valence-corrected chi connectivity index (χ2v) is 15.5. The molecule has 0 aromatic heterocycles. The molecule has 3 fully saturated rings. The van der Waals surface area contributed by atoms with Gasteiger partial charge in [-0.1, -0.05) is 13.8 Å². The van der Waals surface area contributed by atoms with Crippen molar-refractivity contribution in [3.05, 3.63) is 11.6 Å². The molecule has 1 N–H and O–H groups in total. The van der Waals surface area contributed by atoms with E-state index >= 15 is 4.39 Å². The van der Waals surface area contributed by atoms with Gasteiger partial charge in [-0.25, -0.2) is 4.39 Å². The van der Waals surface area contributed by atoms with Crippen molar-refractivity contribution in [2.45, 2.75) is 90.4 Å². The summed E-state index contributed by atoms with van der Waals surface area (Å²) in [7, 11) is -1.90. The highest BCUT2D eigenvalue weighted by Crippen LogP contribution is 2.68. The fraction of sp³-hybridized carbons (Fsp3) is 0.864. The quantitative estimate of drug-likeness (QED) is 0.529. The molecule has 0 bridgehead atoms. The third kappa shape index (κ3) is 2.83. The normalized spacial score (nSPS) is 49.9. The van der Waals surface area contributed by atoms with Gasteiger partial charge in [-0.15, -0.1) is 0 Å². The van der Waals surface area contributed by atoms with Gasteiger partial charge in [0.05, 0.1) is 0 Å². The van der Waals surface area contributed by atoms with Crippen LogP contribution in [0.15, 0.2) is 11.6 Å². The van der Waals surface area contributed by atoms with Crippen LogP contribution in [0.2, 0.25) is 19.6 Å². The van der Waals surface area contributed by atoms with Crippen molar-refractivity contribution in [1.82, 2.24) is 0 Å². The zero-order valence-corrected chi connectivity index (χ0v) is 18.5. The predicted molar refractivity (Wildman–Crippen MR) is 106 cm³/mol. The number of carbonyl (C=O) groups is 1. The van der Waals surface area contributed by atoms with E-state index in [-0.39, 0.29) is 22.5 Å². The Morgan fingerprint density at radius 3 is 2.48 bits per heavy atom. The maximum absolute atomic E-state index is 15.2. The molecule has 0 radical (unpaired) electrons. The third-order valence-corrected chi connectivity index (χ3v) is 9.44. The number of carbonyl (C=O) groups excluding carboxylic acids is 1. The summed E-state index contributed by atoms with van der Waals surface area (Å²) in [5.41, 5.74) is 0.268.